The quantitative estimate of drug-likeness (QED) is 0.0370. The highest BCUT2D eigenvalue weighted by Crippen LogP contribution is 2.34. The van der Waals surface area contributed by atoms with Gasteiger partial charge in [0.05, 0.1) is 66.0 Å². The molecule has 20 rings (SSSR count). The van der Waals surface area contributed by atoms with Crippen molar-refractivity contribution in [3.8, 4) is 47.4 Å². The number of likely N-dealkylation sites (N-methyl/N-ethyl adjacent to an activating group) is 1. The van der Waals surface area contributed by atoms with Gasteiger partial charge < -0.3 is 51.8 Å². The summed E-state index contributed by atoms with van der Waals surface area (Å²) < 4.78 is 12.6. The van der Waals surface area contributed by atoms with Crippen LogP contribution in [0.25, 0.3) is 44.1 Å². The van der Waals surface area contributed by atoms with Gasteiger partial charge in [0.2, 0.25) is 23.8 Å². The molecule has 28 nitrogen and oxygen atoms in total. The molecule has 15 aromatic rings. The van der Waals surface area contributed by atoms with Gasteiger partial charge in [0.15, 0.2) is 0 Å². The van der Waals surface area contributed by atoms with Gasteiger partial charge in [-0.1, -0.05) is 122 Å². The Labute approximate surface area is 808 Å². The number of ether oxygens (including phenoxy) is 1. The van der Waals surface area contributed by atoms with Crippen LogP contribution in [0.3, 0.4) is 0 Å². The van der Waals surface area contributed by atoms with Crippen LogP contribution in [-0.4, -0.2) is 152 Å². The highest BCUT2D eigenvalue weighted by Gasteiger charge is 2.26. The number of aromatic nitrogens is 14. The summed E-state index contributed by atoms with van der Waals surface area (Å²) in [6.45, 7) is 25.1. The number of nitrogens with one attached hydrogen (secondary N) is 7. The summed E-state index contributed by atoms with van der Waals surface area (Å²) in [5.41, 5.74) is 18.1. The Morgan fingerprint density at radius 1 is 0.410 bits per heavy atom. The predicted molar refractivity (Wildman–Crippen MR) is 554 cm³/mol. The van der Waals surface area contributed by atoms with Crippen molar-refractivity contribution in [2.45, 2.75) is 150 Å². The number of piperidine rings is 2. The SMILES string of the molecule is CC#Cc1cc2cnc(Nc3ccc(C4CCCNC4)cc3)nc2n(Cc2ncccc2C)c1=O.CC#Cc1cc2cnc(Nc3ccc(C4CCNCC4)cc3)nc2n(C2CCCC2)c1=O.CC#Cc1cc2cnc(Nc3ccc(C4CNCCO4)cc3)nc2n(Cc2ncccc2C)c1=O.CCC#Cc1cc2cnc(Nc3ccc(N4CCN(C)CC4)cc3)nc2n(Cc2ccccc2C)c1=O. The Morgan fingerprint density at radius 2 is 0.842 bits per heavy atom. The zero-order valence-corrected chi connectivity index (χ0v) is 79.9. The number of hydrogen-bond donors (Lipinski definition) is 7. The molecule has 5 fully saturated rings. The summed E-state index contributed by atoms with van der Waals surface area (Å²) in [6.07, 6.45) is 20.3. The van der Waals surface area contributed by atoms with Crippen molar-refractivity contribution in [1.82, 2.24) is 89.0 Å². The van der Waals surface area contributed by atoms with Crippen LogP contribution in [0.1, 0.15) is 182 Å². The number of pyridine rings is 6. The third kappa shape index (κ3) is 23.5. The third-order valence-corrected chi connectivity index (χ3v) is 25.9. The van der Waals surface area contributed by atoms with Gasteiger partial charge in [-0.2, -0.15) is 19.9 Å². The maximum atomic E-state index is 13.5. The summed E-state index contributed by atoms with van der Waals surface area (Å²) in [5.74, 6) is 26.3. The second-order valence-corrected chi connectivity index (χ2v) is 35.5. The predicted octanol–water partition coefficient (Wildman–Crippen LogP) is 16.3. The lowest BCUT2D eigenvalue weighted by atomic mass is 9.90. The van der Waals surface area contributed by atoms with Crippen molar-refractivity contribution in [3.05, 3.63) is 321 Å². The lowest BCUT2D eigenvalue weighted by Crippen LogP contribution is -2.44. The molecule has 5 aliphatic rings. The summed E-state index contributed by atoms with van der Waals surface area (Å²) in [7, 11) is 2.16. The minimum absolute atomic E-state index is 0.0466. The van der Waals surface area contributed by atoms with Gasteiger partial charge >= 0.3 is 0 Å². The standard InChI is InChI=1S/C30H32N6O.C28H28N6O.C27H26N6O2.C26H29N5O/c1-4-5-9-23-19-25-20-31-30(32-26-11-13-27(14-12-26)35-17-15-34(3)16-18-35)33-28(25)36(29(23)37)21-24-10-7-6-8-22(24)2;1-3-6-21-15-23-17-31-28(32-24-11-9-20(10-12-24)22-8-5-13-29-16-22)33-26(23)34(27(21)35)18-25-19(2)7-4-14-30-25;1-3-5-20-14-21-15-30-27(31-22-9-7-19(8-10-22)24-16-28-12-13-35-24)32-25(21)33(26(20)34)17-23-18(2)6-4-11-29-23;1-2-5-20-16-21-17-28-26(30-24(21)31(25(20)32)23-6-3-4-7-23)29-22-10-8-18(9-11-22)19-12-14-27-15-13-19/h6-8,10-14,19-20H,4,15-18,21H2,1-3H3,(H,31,32,33);4,7,9-12,14-15,17,22,29H,5,8,13,16,18H2,1-2H3,(H,31,32,33);4,6-11,14-15,24,28H,12-13,16-17H2,1-2H3,(H,30,31,32);8-11,16-17,19,23,27H,3-4,6-7,12-15H2,1H3,(H,28,29,30). The number of piperazine rings is 1. The number of nitrogens with zero attached hydrogens (tertiary/aromatic N) is 16. The molecule has 4 aliphatic heterocycles. The molecule has 2 atom stereocenters. The second-order valence-electron chi connectivity index (χ2n) is 35.5. The van der Waals surface area contributed by atoms with E-state index in [2.05, 4.69) is 205 Å². The highest BCUT2D eigenvalue weighted by molar-refractivity contribution is 5.81. The zero-order valence-electron chi connectivity index (χ0n) is 79.9. The van der Waals surface area contributed by atoms with Gasteiger partial charge in [0, 0.05) is 145 Å². The van der Waals surface area contributed by atoms with Crippen molar-refractivity contribution in [3.63, 3.8) is 0 Å². The fourth-order valence-corrected chi connectivity index (χ4v) is 18.2. The minimum Gasteiger partial charge on any atom is -0.371 e. The molecule has 14 heterocycles. The molecule has 0 spiro atoms. The van der Waals surface area contributed by atoms with Crippen molar-refractivity contribution >= 4 is 96.4 Å². The molecule has 4 saturated heterocycles. The fourth-order valence-electron chi connectivity index (χ4n) is 18.2. The molecular formula is C111H115N23O5. The normalized spacial score (nSPS) is 15.4. The number of benzene rings is 5. The smallest absolute Gasteiger partial charge is 0.268 e. The number of anilines is 9. The van der Waals surface area contributed by atoms with E-state index in [1.54, 1.807) is 89.9 Å². The molecule has 139 heavy (non-hydrogen) atoms. The Balaban J connectivity index is 0.000000128. The van der Waals surface area contributed by atoms with Crippen LogP contribution in [0.5, 0.6) is 0 Å². The zero-order chi connectivity index (χ0) is 96.1. The molecule has 7 N–H and O–H groups in total. The molecule has 5 aromatic carbocycles. The maximum Gasteiger partial charge on any atom is 0.268 e. The molecule has 0 amide bonds. The van der Waals surface area contributed by atoms with E-state index < -0.39 is 0 Å². The third-order valence-electron chi connectivity index (χ3n) is 25.9. The van der Waals surface area contributed by atoms with Crippen LogP contribution >= 0.6 is 0 Å². The molecule has 2 unspecified atom stereocenters. The van der Waals surface area contributed by atoms with Crippen LogP contribution in [-0.2, 0) is 24.4 Å². The fraction of sp³-hybridized carbons (Fsp3) is 0.315. The van der Waals surface area contributed by atoms with E-state index in [1.807, 2.05) is 110 Å². The van der Waals surface area contributed by atoms with Crippen molar-refractivity contribution in [2.24, 2.45) is 0 Å². The summed E-state index contributed by atoms with van der Waals surface area (Å²) in [5, 5.41) is 26.5. The average molecular weight is 1850 g/mol. The average Bonchev–Trinajstić information content (AvgIpc) is 1.70. The van der Waals surface area contributed by atoms with E-state index in [0.29, 0.717) is 113 Å². The second kappa shape index (κ2) is 45.5. The number of fused-ring (bicyclic) bond motifs is 4. The van der Waals surface area contributed by atoms with Crippen LogP contribution in [0.4, 0.5) is 52.2 Å². The van der Waals surface area contributed by atoms with E-state index in [0.717, 1.165) is 175 Å². The molecule has 1 saturated carbocycles. The van der Waals surface area contributed by atoms with Gasteiger partial charge in [-0.15, -0.1) is 17.8 Å². The largest absolute Gasteiger partial charge is 0.371 e. The topological polar surface area (TPSA) is 317 Å². The van der Waals surface area contributed by atoms with Crippen LogP contribution in [0, 0.1) is 68.1 Å². The first-order valence-electron chi connectivity index (χ1n) is 47.9. The molecule has 0 bridgehead atoms. The van der Waals surface area contributed by atoms with E-state index in [1.165, 1.54) is 42.5 Å². The Morgan fingerprint density at radius 3 is 1.29 bits per heavy atom. The molecule has 1 aliphatic carbocycles. The van der Waals surface area contributed by atoms with Crippen molar-refractivity contribution in [1.29, 1.82) is 0 Å². The minimum atomic E-state index is -0.202. The summed E-state index contributed by atoms with van der Waals surface area (Å²) >= 11 is 0. The molecular weight excluding hydrogens is 1740 g/mol. The van der Waals surface area contributed by atoms with Crippen molar-refractivity contribution < 1.29 is 4.74 Å². The van der Waals surface area contributed by atoms with E-state index in [-0.39, 0.29) is 34.4 Å². The van der Waals surface area contributed by atoms with Gasteiger partial charge in [-0.25, -0.2) is 19.9 Å². The summed E-state index contributed by atoms with van der Waals surface area (Å²) in [4.78, 5) is 104. The van der Waals surface area contributed by atoms with E-state index in [4.69, 9.17) is 24.7 Å². The monoisotopic (exact) mass is 1850 g/mol. The van der Waals surface area contributed by atoms with Crippen LogP contribution < -0.4 is 64.4 Å². The highest BCUT2D eigenvalue weighted by atomic mass is 16.5. The number of rotatable bonds is 19. The van der Waals surface area contributed by atoms with Crippen LogP contribution in [0.15, 0.2) is 226 Å². The number of morpholine rings is 1. The maximum absolute atomic E-state index is 13.5. The van der Waals surface area contributed by atoms with Crippen molar-refractivity contribution in [2.75, 3.05) is 105 Å². The number of aryl methyl sites for hydroxylation is 3. The van der Waals surface area contributed by atoms with Gasteiger partial charge in [-0.3, -0.25) is 47.4 Å². The molecule has 704 valence electrons. The van der Waals surface area contributed by atoms with E-state index >= 15 is 0 Å². The molecule has 10 aromatic heterocycles. The van der Waals surface area contributed by atoms with Gasteiger partial charge in [0.1, 0.15) is 22.6 Å². The molecule has 0 radical (unpaired) electrons. The Kier molecular flexibility index (Phi) is 31.2. The first-order valence-corrected chi connectivity index (χ1v) is 47.9. The van der Waals surface area contributed by atoms with Crippen LogP contribution in [0.2, 0.25) is 0 Å². The lowest BCUT2D eigenvalue weighted by molar-refractivity contribution is 0.0277. The molecule has 28 heteroatoms. The summed E-state index contributed by atoms with van der Waals surface area (Å²) in [6, 6.07) is 56.5. The lowest BCUT2D eigenvalue weighted by Gasteiger charge is -2.34. The Hall–Kier alpha value is -15.4. The van der Waals surface area contributed by atoms with Gasteiger partial charge in [0.25, 0.3) is 22.2 Å². The number of hydrogen-bond acceptors (Lipinski definition) is 24. The Bertz CT molecular complexity index is 7240. The first kappa shape index (κ1) is 95.3. The first-order chi connectivity index (χ1) is 68.0. The van der Waals surface area contributed by atoms with E-state index in [9.17, 15) is 19.2 Å². The van der Waals surface area contributed by atoms with Gasteiger partial charge in [-0.05, 0) is 255 Å².